The molecule has 2 aromatic carbocycles. The van der Waals surface area contributed by atoms with Gasteiger partial charge in [0.15, 0.2) is 17.3 Å². The summed E-state index contributed by atoms with van der Waals surface area (Å²) >= 11 is 0. The van der Waals surface area contributed by atoms with Gasteiger partial charge in [0.2, 0.25) is 0 Å². The summed E-state index contributed by atoms with van der Waals surface area (Å²) in [5.74, 6) is 0.368. The number of nitrogens with zero attached hydrogens (tertiary/aromatic N) is 4. The maximum atomic E-state index is 13.3. The Morgan fingerprint density at radius 3 is 2.82 bits per heavy atom. The third kappa shape index (κ3) is 6.57. The number of allylic oxidation sites excluding steroid dienone is 1. The standard InChI is InChI=1S/C35H38FN7O2/c1-21(2)29-19-41-43-33(16-32(42-35(29)43)39-18-26-10-12-37-20-31(26)45)40-17-25-6-4-5-7-27(25)34-28-9-8-23(15-30(44)22(3)36)14-24(28)11-13-38-34/h4-9,11,13-14,16,19,21,26,31,37,40,45H,3,10,12,15,17-18,20H2,1-2H3,(H,39,42)/t26-,31+/m1/s1. The minimum atomic E-state index is -0.933. The van der Waals surface area contributed by atoms with E-state index < -0.39 is 17.7 Å². The first-order valence-corrected chi connectivity index (χ1v) is 15.4. The number of hydrogen-bond donors (Lipinski definition) is 4. The van der Waals surface area contributed by atoms with Crippen LogP contribution in [0.4, 0.5) is 16.0 Å². The molecular formula is C35H38FN7O2. The number of halogens is 1. The zero-order valence-corrected chi connectivity index (χ0v) is 25.6. The van der Waals surface area contributed by atoms with Crippen LogP contribution >= 0.6 is 0 Å². The van der Waals surface area contributed by atoms with Crippen molar-refractivity contribution < 1.29 is 14.3 Å². The molecule has 10 heteroatoms. The van der Waals surface area contributed by atoms with Crippen LogP contribution < -0.4 is 16.0 Å². The van der Waals surface area contributed by atoms with E-state index in [1.807, 2.05) is 59.2 Å². The molecule has 9 nitrogen and oxygen atoms in total. The van der Waals surface area contributed by atoms with Gasteiger partial charge in [-0.1, -0.05) is 62.9 Å². The van der Waals surface area contributed by atoms with Crippen molar-refractivity contribution in [2.45, 2.75) is 45.3 Å². The van der Waals surface area contributed by atoms with Crippen LogP contribution in [0.3, 0.4) is 0 Å². The lowest BCUT2D eigenvalue weighted by atomic mass is 9.95. The predicted molar refractivity (Wildman–Crippen MR) is 176 cm³/mol. The van der Waals surface area contributed by atoms with Crippen molar-refractivity contribution in [2.24, 2.45) is 5.92 Å². The first kappa shape index (κ1) is 30.4. The summed E-state index contributed by atoms with van der Waals surface area (Å²) in [6.45, 7) is 10.0. The maximum absolute atomic E-state index is 13.3. The fraction of sp³-hybridized carbons (Fsp3) is 0.314. The van der Waals surface area contributed by atoms with E-state index in [4.69, 9.17) is 9.97 Å². The Balaban J connectivity index is 1.29. The number of hydrogen-bond acceptors (Lipinski definition) is 8. The van der Waals surface area contributed by atoms with Crippen LogP contribution in [-0.2, 0) is 17.8 Å². The lowest BCUT2D eigenvalue weighted by Gasteiger charge is -2.28. The molecule has 0 amide bonds. The zero-order chi connectivity index (χ0) is 31.5. The molecule has 4 N–H and O–H groups in total. The molecule has 0 radical (unpaired) electrons. The second-order valence-corrected chi connectivity index (χ2v) is 11.9. The average molecular weight is 608 g/mol. The van der Waals surface area contributed by atoms with Gasteiger partial charge in [0.05, 0.1) is 18.0 Å². The fourth-order valence-electron chi connectivity index (χ4n) is 5.90. The van der Waals surface area contributed by atoms with Crippen molar-refractivity contribution in [1.29, 1.82) is 0 Å². The predicted octanol–water partition coefficient (Wildman–Crippen LogP) is 5.66. The molecule has 2 atom stereocenters. The van der Waals surface area contributed by atoms with E-state index in [-0.39, 0.29) is 18.3 Å². The first-order valence-electron chi connectivity index (χ1n) is 15.4. The number of aliphatic hydroxyl groups excluding tert-OH is 1. The number of aromatic nitrogens is 4. The van der Waals surface area contributed by atoms with E-state index >= 15 is 0 Å². The van der Waals surface area contributed by atoms with Crippen molar-refractivity contribution in [3.63, 3.8) is 0 Å². The van der Waals surface area contributed by atoms with Crippen LogP contribution in [0.25, 0.3) is 27.7 Å². The highest BCUT2D eigenvalue weighted by Gasteiger charge is 2.23. The molecule has 232 valence electrons. The van der Waals surface area contributed by atoms with Crippen LogP contribution in [0.5, 0.6) is 0 Å². The van der Waals surface area contributed by atoms with Crippen molar-refractivity contribution in [2.75, 3.05) is 30.3 Å². The molecule has 1 fully saturated rings. The topological polar surface area (TPSA) is 116 Å². The number of nitrogens with one attached hydrogen (secondary N) is 3. The van der Waals surface area contributed by atoms with Crippen molar-refractivity contribution in [3.8, 4) is 11.3 Å². The Morgan fingerprint density at radius 1 is 1.18 bits per heavy atom. The van der Waals surface area contributed by atoms with Crippen molar-refractivity contribution in [3.05, 3.63) is 96.1 Å². The molecular weight excluding hydrogens is 569 g/mol. The average Bonchev–Trinajstić information content (AvgIpc) is 3.48. The quantitative estimate of drug-likeness (QED) is 0.142. The maximum Gasteiger partial charge on any atom is 0.194 e. The normalized spacial score (nSPS) is 16.7. The largest absolute Gasteiger partial charge is 0.391 e. The van der Waals surface area contributed by atoms with Gasteiger partial charge in [-0.15, -0.1) is 0 Å². The summed E-state index contributed by atoms with van der Waals surface area (Å²) in [4.78, 5) is 21.6. The van der Waals surface area contributed by atoms with Crippen LogP contribution in [0, 0.1) is 5.92 Å². The molecule has 3 aromatic heterocycles. The minimum absolute atomic E-state index is 0.0366. The highest BCUT2D eigenvalue weighted by atomic mass is 19.1. The van der Waals surface area contributed by atoms with Crippen LogP contribution in [-0.4, -0.2) is 56.2 Å². The third-order valence-electron chi connectivity index (χ3n) is 8.48. The first-order chi connectivity index (χ1) is 21.8. The molecule has 0 spiro atoms. The van der Waals surface area contributed by atoms with Gasteiger partial charge in [0.25, 0.3) is 0 Å². The summed E-state index contributed by atoms with van der Waals surface area (Å²) in [6, 6.07) is 17.6. The van der Waals surface area contributed by atoms with E-state index in [0.717, 1.165) is 69.0 Å². The Kier molecular flexibility index (Phi) is 8.86. The second kappa shape index (κ2) is 13.1. The highest BCUT2D eigenvalue weighted by molar-refractivity contribution is 5.98. The molecule has 0 aliphatic carbocycles. The molecule has 0 unspecified atom stereocenters. The third-order valence-corrected chi connectivity index (χ3v) is 8.48. The number of ketones is 1. The molecule has 0 saturated carbocycles. The second-order valence-electron chi connectivity index (χ2n) is 11.9. The fourth-order valence-corrected chi connectivity index (χ4v) is 5.90. The Bertz CT molecular complexity index is 1870. The molecule has 45 heavy (non-hydrogen) atoms. The molecule has 1 aliphatic rings. The van der Waals surface area contributed by atoms with Gasteiger partial charge < -0.3 is 21.1 Å². The molecule has 4 heterocycles. The molecule has 0 bridgehead atoms. The molecule has 5 aromatic rings. The number of fused-ring (bicyclic) bond motifs is 2. The van der Waals surface area contributed by atoms with E-state index in [1.165, 1.54) is 0 Å². The number of pyridine rings is 1. The zero-order valence-electron chi connectivity index (χ0n) is 25.6. The van der Waals surface area contributed by atoms with Gasteiger partial charge >= 0.3 is 0 Å². The van der Waals surface area contributed by atoms with E-state index in [0.29, 0.717) is 19.6 Å². The van der Waals surface area contributed by atoms with Gasteiger partial charge in [0, 0.05) is 60.7 Å². The number of anilines is 2. The summed E-state index contributed by atoms with van der Waals surface area (Å²) in [5.41, 5.74) is 5.40. The molecule has 6 rings (SSSR count). The molecule has 1 saturated heterocycles. The number of β-amino-alcohol motifs (C(OH)–C–C–N with tert-alkyl or cyclic N) is 1. The van der Waals surface area contributed by atoms with E-state index in [1.54, 1.807) is 6.20 Å². The SMILES string of the molecule is C=C(F)C(=O)Cc1ccc2c(-c3ccccc3CNc3cc(NC[C@H]4CCNC[C@@H]4O)nc4c(C(C)C)cnn34)nccc2c1. The van der Waals surface area contributed by atoms with Gasteiger partial charge in [-0.25, -0.2) is 9.37 Å². The molecule has 1 aliphatic heterocycles. The highest BCUT2D eigenvalue weighted by Crippen LogP contribution is 2.31. The van der Waals surface area contributed by atoms with Crippen LogP contribution in [0.1, 0.15) is 42.9 Å². The van der Waals surface area contributed by atoms with Gasteiger partial charge in [-0.2, -0.15) is 9.61 Å². The Hall–Kier alpha value is -4.67. The lowest BCUT2D eigenvalue weighted by Crippen LogP contribution is -2.43. The number of Topliss-reactive ketones (excluding diaryl/α,β-unsaturated/α-hetero) is 1. The smallest absolute Gasteiger partial charge is 0.194 e. The summed E-state index contributed by atoms with van der Waals surface area (Å²) < 4.78 is 15.2. The number of carbonyl (C=O) groups excluding carboxylic acids is 1. The van der Waals surface area contributed by atoms with Crippen molar-refractivity contribution >= 4 is 33.8 Å². The van der Waals surface area contributed by atoms with Gasteiger partial charge in [-0.05, 0) is 41.5 Å². The number of aliphatic hydroxyl groups is 1. The monoisotopic (exact) mass is 607 g/mol. The summed E-state index contributed by atoms with van der Waals surface area (Å²) in [7, 11) is 0. The number of piperidine rings is 1. The van der Waals surface area contributed by atoms with Crippen molar-refractivity contribution in [1.82, 2.24) is 24.9 Å². The number of benzene rings is 2. The van der Waals surface area contributed by atoms with Gasteiger partial charge in [-0.3, -0.25) is 9.78 Å². The number of carbonyl (C=O) groups is 1. The Morgan fingerprint density at radius 2 is 2.02 bits per heavy atom. The van der Waals surface area contributed by atoms with E-state index in [9.17, 15) is 14.3 Å². The summed E-state index contributed by atoms with van der Waals surface area (Å²) in [6.07, 6.45) is 4.10. The number of rotatable bonds is 11. The van der Waals surface area contributed by atoms with Crippen LogP contribution in [0.2, 0.25) is 0 Å². The Labute approximate surface area is 261 Å². The van der Waals surface area contributed by atoms with Crippen LogP contribution in [0.15, 0.2) is 79.4 Å². The van der Waals surface area contributed by atoms with Gasteiger partial charge in [0.1, 0.15) is 11.6 Å². The minimum Gasteiger partial charge on any atom is -0.391 e. The van der Waals surface area contributed by atoms with E-state index in [2.05, 4.69) is 47.5 Å². The lowest BCUT2D eigenvalue weighted by molar-refractivity contribution is -0.116. The summed E-state index contributed by atoms with van der Waals surface area (Å²) in [5, 5.41) is 27.3.